The first-order chi connectivity index (χ1) is 10.4. The molecule has 0 radical (unpaired) electrons. The summed E-state index contributed by atoms with van der Waals surface area (Å²) in [6.07, 6.45) is 0.0628. The SMILES string of the molecule is COc1cc(CC(C(=O)O)c2cccs2)cc([N+](=O)[O-])c1O. The molecule has 0 spiro atoms. The van der Waals surface area contributed by atoms with Crippen molar-refractivity contribution in [3.63, 3.8) is 0 Å². The number of ether oxygens (including phenoxy) is 1. The van der Waals surface area contributed by atoms with E-state index in [0.717, 1.165) is 0 Å². The first kappa shape index (κ1) is 15.8. The first-order valence-corrected chi connectivity index (χ1v) is 7.12. The molecule has 8 heteroatoms. The van der Waals surface area contributed by atoms with Gasteiger partial charge in [0, 0.05) is 10.9 Å². The van der Waals surface area contributed by atoms with Gasteiger partial charge in [-0.3, -0.25) is 14.9 Å². The Bertz CT molecular complexity index is 698. The van der Waals surface area contributed by atoms with Crippen LogP contribution in [0.2, 0.25) is 0 Å². The monoisotopic (exact) mass is 323 g/mol. The molecule has 0 fully saturated rings. The molecule has 22 heavy (non-hydrogen) atoms. The van der Waals surface area contributed by atoms with Gasteiger partial charge in [0.1, 0.15) is 0 Å². The Kier molecular flexibility index (Phi) is 4.62. The highest BCUT2D eigenvalue weighted by Gasteiger charge is 2.25. The number of phenolic OH excluding ortho intramolecular Hbond substituents is 1. The molecule has 0 aliphatic carbocycles. The summed E-state index contributed by atoms with van der Waals surface area (Å²) in [5, 5.41) is 31.8. The number of aliphatic carboxylic acids is 1. The van der Waals surface area contributed by atoms with E-state index >= 15 is 0 Å². The highest BCUT2D eigenvalue weighted by molar-refractivity contribution is 7.10. The largest absolute Gasteiger partial charge is 0.500 e. The Morgan fingerprint density at radius 2 is 2.23 bits per heavy atom. The maximum absolute atomic E-state index is 11.4. The molecule has 0 aliphatic rings. The number of benzene rings is 1. The summed E-state index contributed by atoms with van der Waals surface area (Å²) in [4.78, 5) is 22.3. The van der Waals surface area contributed by atoms with Gasteiger partial charge in [-0.15, -0.1) is 11.3 Å². The van der Waals surface area contributed by atoms with Crippen molar-refractivity contribution in [2.75, 3.05) is 7.11 Å². The number of thiophene rings is 1. The molecule has 1 heterocycles. The van der Waals surface area contributed by atoms with Gasteiger partial charge in [0.15, 0.2) is 5.75 Å². The Morgan fingerprint density at radius 1 is 1.50 bits per heavy atom. The molecular weight excluding hydrogens is 310 g/mol. The number of nitrogens with zero attached hydrogens (tertiary/aromatic N) is 1. The second-order valence-corrected chi connectivity index (χ2v) is 5.51. The minimum atomic E-state index is -1.02. The second-order valence-electron chi connectivity index (χ2n) is 4.53. The number of phenols is 1. The topological polar surface area (TPSA) is 110 Å². The molecule has 1 unspecified atom stereocenters. The number of hydrogen-bond acceptors (Lipinski definition) is 6. The molecule has 7 nitrogen and oxygen atoms in total. The lowest BCUT2D eigenvalue weighted by Crippen LogP contribution is -2.13. The van der Waals surface area contributed by atoms with Crippen molar-refractivity contribution in [2.24, 2.45) is 0 Å². The molecular formula is C14H13NO6S. The summed E-state index contributed by atoms with van der Waals surface area (Å²) < 4.78 is 4.91. The minimum absolute atomic E-state index is 0.0560. The number of hydrogen-bond donors (Lipinski definition) is 2. The van der Waals surface area contributed by atoms with Crippen LogP contribution in [0.1, 0.15) is 16.4 Å². The van der Waals surface area contributed by atoms with Gasteiger partial charge in [-0.1, -0.05) is 6.07 Å². The predicted molar refractivity (Wildman–Crippen MR) is 79.7 cm³/mol. The Morgan fingerprint density at radius 3 is 2.73 bits per heavy atom. The molecule has 116 valence electrons. The smallest absolute Gasteiger partial charge is 0.314 e. The zero-order valence-corrected chi connectivity index (χ0v) is 12.4. The van der Waals surface area contributed by atoms with Gasteiger partial charge in [0.25, 0.3) is 0 Å². The van der Waals surface area contributed by atoms with Gasteiger partial charge in [-0.05, 0) is 29.5 Å². The standard InChI is InChI=1S/C14H13NO6S/c1-21-11-7-8(6-10(13(11)16)15(19)20)5-9(14(17)18)12-3-2-4-22-12/h2-4,6-7,9,16H,5H2,1H3,(H,17,18). The van der Waals surface area contributed by atoms with Gasteiger partial charge in [0.2, 0.25) is 5.75 Å². The average molecular weight is 323 g/mol. The fourth-order valence-electron chi connectivity index (χ4n) is 2.10. The highest BCUT2D eigenvalue weighted by Crippen LogP contribution is 2.38. The van der Waals surface area contributed by atoms with Crippen LogP contribution >= 0.6 is 11.3 Å². The van der Waals surface area contributed by atoms with E-state index in [9.17, 15) is 25.1 Å². The van der Waals surface area contributed by atoms with Crippen LogP contribution in [0.5, 0.6) is 11.5 Å². The van der Waals surface area contributed by atoms with Crippen molar-refractivity contribution >= 4 is 23.0 Å². The zero-order valence-electron chi connectivity index (χ0n) is 11.6. The molecule has 2 aromatic rings. The van der Waals surface area contributed by atoms with Crippen LogP contribution in [0.3, 0.4) is 0 Å². The van der Waals surface area contributed by atoms with E-state index in [1.54, 1.807) is 17.5 Å². The molecule has 0 aliphatic heterocycles. The molecule has 0 saturated carbocycles. The van der Waals surface area contributed by atoms with E-state index in [0.29, 0.717) is 10.4 Å². The van der Waals surface area contributed by atoms with Crippen molar-refractivity contribution in [3.05, 3.63) is 50.2 Å². The van der Waals surface area contributed by atoms with E-state index in [4.69, 9.17) is 4.74 Å². The van der Waals surface area contributed by atoms with E-state index in [2.05, 4.69) is 0 Å². The first-order valence-electron chi connectivity index (χ1n) is 6.24. The van der Waals surface area contributed by atoms with Crippen LogP contribution in [0.25, 0.3) is 0 Å². The molecule has 2 N–H and O–H groups in total. The third-order valence-electron chi connectivity index (χ3n) is 3.16. The summed E-state index contributed by atoms with van der Waals surface area (Å²) in [6, 6.07) is 6.03. The third-order valence-corrected chi connectivity index (χ3v) is 4.14. The van der Waals surface area contributed by atoms with Crippen molar-refractivity contribution in [2.45, 2.75) is 12.3 Å². The normalized spacial score (nSPS) is 11.9. The molecule has 2 rings (SSSR count). The molecule has 0 amide bonds. The van der Waals surface area contributed by atoms with Crippen LogP contribution in [0, 0.1) is 10.1 Å². The van der Waals surface area contributed by atoms with Crippen LogP contribution in [-0.2, 0) is 11.2 Å². The van der Waals surface area contributed by atoms with Crippen molar-refractivity contribution in [3.8, 4) is 11.5 Å². The maximum Gasteiger partial charge on any atom is 0.314 e. The van der Waals surface area contributed by atoms with Crippen molar-refractivity contribution in [1.82, 2.24) is 0 Å². The van der Waals surface area contributed by atoms with E-state index < -0.39 is 28.2 Å². The zero-order chi connectivity index (χ0) is 16.3. The number of methoxy groups -OCH3 is 1. The molecule has 0 bridgehead atoms. The lowest BCUT2D eigenvalue weighted by atomic mass is 9.97. The van der Waals surface area contributed by atoms with Gasteiger partial charge in [-0.25, -0.2) is 0 Å². The number of rotatable bonds is 6. The summed E-state index contributed by atoms with van der Waals surface area (Å²) in [5.74, 6) is -2.45. The number of aromatic hydroxyl groups is 1. The lowest BCUT2D eigenvalue weighted by Gasteiger charge is -2.12. The van der Waals surface area contributed by atoms with Crippen LogP contribution in [0.15, 0.2) is 29.6 Å². The maximum atomic E-state index is 11.4. The Labute approximate surface area is 129 Å². The van der Waals surface area contributed by atoms with Crippen LogP contribution in [-0.4, -0.2) is 28.2 Å². The Hall–Kier alpha value is -2.61. The lowest BCUT2D eigenvalue weighted by molar-refractivity contribution is -0.386. The van der Waals surface area contributed by atoms with Gasteiger partial charge >= 0.3 is 11.7 Å². The van der Waals surface area contributed by atoms with Crippen molar-refractivity contribution in [1.29, 1.82) is 0 Å². The van der Waals surface area contributed by atoms with E-state index in [1.165, 1.54) is 30.6 Å². The third kappa shape index (κ3) is 3.17. The summed E-state index contributed by atoms with van der Waals surface area (Å²) in [6.45, 7) is 0. The quantitative estimate of drug-likeness (QED) is 0.625. The molecule has 1 aromatic carbocycles. The number of carboxylic acid groups (broad SMARTS) is 1. The average Bonchev–Trinajstić information content (AvgIpc) is 2.99. The number of nitro benzene ring substituents is 1. The highest BCUT2D eigenvalue weighted by atomic mass is 32.1. The number of carboxylic acids is 1. The molecule has 1 atom stereocenters. The van der Waals surface area contributed by atoms with Gasteiger partial charge in [-0.2, -0.15) is 0 Å². The van der Waals surface area contributed by atoms with Gasteiger partial charge < -0.3 is 14.9 Å². The van der Waals surface area contributed by atoms with Crippen LogP contribution < -0.4 is 4.74 Å². The fourth-order valence-corrected chi connectivity index (χ4v) is 2.92. The second kappa shape index (κ2) is 6.44. The summed E-state index contributed by atoms with van der Waals surface area (Å²) in [7, 11) is 1.27. The number of carbonyl (C=O) groups is 1. The molecule has 1 aromatic heterocycles. The van der Waals surface area contributed by atoms with Crippen LogP contribution in [0.4, 0.5) is 5.69 Å². The molecule has 0 saturated heterocycles. The van der Waals surface area contributed by atoms with Gasteiger partial charge in [0.05, 0.1) is 18.0 Å². The predicted octanol–water partition coefficient (Wildman–Crippen LogP) is 2.78. The Balaban J connectivity index is 2.41. The minimum Gasteiger partial charge on any atom is -0.500 e. The fraction of sp³-hybridized carbons (Fsp3) is 0.214. The van der Waals surface area contributed by atoms with E-state index in [1.807, 2.05) is 0 Å². The van der Waals surface area contributed by atoms with Crippen molar-refractivity contribution < 1.29 is 24.7 Å². The summed E-state index contributed by atoms with van der Waals surface area (Å²) in [5.41, 5.74) is -0.105. The van der Waals surface area contributed by atoms with E-state index in [-0.39, 0.29) is 12.2 Å². The number of nitro groups is 1. The summed E-state index contributed by atoms with van der Waals surface area (Å²) >= 11 is 1.31.